The van der Waals surface area contributed by atoms with E-state index < -0.39 is 24.3 Å². The van der Waals surface area contributed by atoms with Crippen molar-refractivity contribution in [1.82, 2.24) is 14.8 Å². The number of aryl methyl sites for hydroxylation is 1. The van der Waals surface area contributed by atoms with E-state index >= 15 is 0 Å². The van der Waals surface area contributed by atoms with Crippen LogP contribution in [-0.4, -0.2) is 34.5 Å². The van der Waals surface area contributed by atoms with E-state index in [1.807, 2.05) is 0 Å². The molecule has 2 heterocycles. The number of rotatable bonds is 5. The van der Waals surface area contributed by atoms with Crippen LogP contribution >= 0.6 is 34.5 Å². The lowest BCUT2D eigenvalue weighted by Gasteiger charge is -2.04. The summed E-state index contributed by atoms with van der Waals surface area (Å²) in [4.78, 5) is 15.5. The molecule has 0 aliphatic rings. The standard InChI is InChI=1S/C16H10Cl2F3N3O3S/c1-24-15(27-16(20)21)11(18)13(23-24)10-7(19)5-6(17)12-14(10)28-8(22-12)3-4-9(25)26-2/h3-5,16H,1-2H3/b4-3+. The minimum atomic E-state index is -3.13. The summed E-state index contributed by atoms with van der Waals surface area (Å²) in [5, 5.41) is 4.08. The van der Waals surface area contributed by atoms with Gasteiger partial charge in [0.15, 0.2) is 0 Å². The fourth-order valence-electron chi connectivity index (χ4n) is 2.38. The van der Waals surface area contributed by atoms with Crippen molar-refractivity contribution in [2.45, 2.75) is 6.61 Å². The van der Waals surface area contributed by atoms with Crippen LogP contribution in [0, 0.1) is 5.82 Å². The summed E-state index contributed by atoms with van der Waals surface area (Å²) in [6.07, 6.45) is 2.52. The van der Waals surface area contributed by atoms with E-state index in [9.17, 15) is 18.0 Å². The Labute approximate surface area is 170 Å². The number of benzene rings is 1. The minimum Gasteiger partial charge on any atom is -0.466 e. The molecule has 0 bridgehead atoms. The number of esters is 1. The summed E-state index contributed by atoms with van der Waals surface area (Å²) in [6, 6.07) is 1.02. The molecule has 0 atom stereocenters. The quantitative estimate of drug-likeness (QED) is 0.406. The summed E-state index contributed by atoms with van der Waals surface area (Å²) < 4.78 is 50.0. The first-order chi connectivity index (χ1) is 13.2. The van der Waals surface area contributed by atoms with Crippen molar-refractivity contribution in [3.63, 3.8) is 0 Å². The maximum atomic E-state index is 14.7. The number of alkyl halides is 2. The zero-order chi connectivity index (χ0) is 20.6. The Bertz CT molecular complexity index is 1100. The van der Waals surface area contributed by atoms with E-state index in [0.717, 1.165) is 28.2 Å². The first-order valence-corrected chi connectivity index (χ1v) is 9.02. The molecule has 0 aliphatic heterocycles. The van der Waals surface area contributed by atoms with Crippen molar-refractivity contribution >= 4 is 56.8 Å². The van der Waals surface area contributed by atoms with Gasteiger partial charge in [-0.15, -0.1) is 11.3 Å². The number of methoxy groups -OCH3 is 1. The van der Waals surface area contributed by atoms with Crippen LogP contribution in [0.5, 0.6) is 5.88 Å². The molecule has 0 saturated heterocycles. The van der Waals surface area contributed by atoms with Gasteiger partial charge in [-0.3, -0.25) is 0 Å². The second-order valence-electron chi connectivity index (χ2n) is 5.27. The third-order valence-corrected chi connectivity index (χ3v) is 5.20. The van der Waals surface area contributed by atoms with E-state index in [1.165, 1.54) is 20.2 Å². The molecule has 0 spiro atoms. The maximum Gasteiger partial charge on any atom is 0.388 e. The fraction of sp³-hybridized carbons (Fsp3) is 0.188. The monoisotopic (exact) mass is 451 g/mol. The van der Waals surface area contributed by atoms with Crippen LogP contribution in [0.25, 0.3) is 27.6 Å². The van der Waals surface area contributed by atoms with Gasteiger partial charge in [-0.2, -0.15) is 13.9 Å². The second-order valence-corrected chi connectivity index (χ2v) is 7.09. The molecule has 1 aromatic carbocycles. The molecule has 0 aliphatic carbocycles. The van der Waals surface area contributed by atoms with E-state index in [2.05, 4.69) is 19.6 Å². The van der Waals surface area contributed by atoms with Gasteiger partial charge >= 0.3 is 12.6 Å². The SMILES string of the molecule is COC(=O)/C=C/c1nc2c(Cl)cc(F)c(-c3nn(C)c(OC(F)F)c3Cl)c2s1. The van der Waals surface area contributed by atoms with Crippen LogP contribution in [-0.2, 0) is 16.6 Å². The Morgan fingerprint density at radius 1 is 1.39 bits per heavy atom. The lowest BCUT2D eigenvalue weighted by atomic mass is 10.1. The van der Waals surface area contributed by atoms with E-state index in [0.29, 0.717) is 5.01 Å². The summed E-state index contributed by atoms with van der Waals surface area (Å²) in [6.45, 7) is -3.13. The van der Waals surface area contributed by atoms with Crippen molar-refractivity contribution in [2.24, 2.45) is 7.05 Å². The number of thiazole rings is 1. The van der Waals surface area contributed by atoms with Crippen LogP contribution in [0.2, 0.25) is 10.0 Å². The van der Waals surface area contributed by atoms with Crippen molar-refractivity contribution in [1.29, 1.82) is 0 Å². The molecule has 0 fully saturated rings. The number of ether oxygens (including phenoxy) is 2. The third-order valence-electron chi connectivity index (χ3n) is 3.53. The Hall–Kier alpha value is -2.30. The van der Waals surface area contributed by atoms with Crippen molar-refractivity contribution < 1.29 is 27.4 Å². The molecule has 3 rings (SSSR count). The van der Waals surface area contributed by atoms with E-state index in [-0.39, 0.29) is 31.5 Å². The number of halogens is 5. The molecule has 0 saturated carbocycles. The third kappa shape index (κ3) is 3.80. The van der Waals surface area contributed by atoms with Crippen LogP contribution in [0.3, 0.4) is 0 Å². The predicted molar refractivity (Wildman–Crippen MR) is 99.5 cm³/mol. The number of nitrogens with zero attached hydrogens (tertiary/aromatic N) is 3. The highest BCUT2D eigenvalue weighted by Gasteiger charge is 2.26. The number of fused-ring (bicyclic) bond motifs is 1. The topological polar surface area (TPSA) is 66.2 Å². The molecule has 0 radical (unpaired) electrons. The van der Waals surface area contributed by atoms with Gasteiger partial charge < -0.3 is 9.47 Å². The molecule has 148 valence electrons. The lowest BCUT2D eigenvalue weighted by Crippen LogP contribution is -2.06. The molecule has 12 heteroatoms. The highest BCUT2D eigenvalue weighted by molar-refractivity contribution is 7.20. The number of hydrogen-bond acceptors (Lipinski definition) is 6. The molecule has 28 heavy (non-hydrogen) atoms. The molecule has 3 aromatic rings. The van der Waals surface area contributed by atoms with E-state index in [4.69, 9.17) is 23.2 Å². The molecule has 2 aromatic heterocycles. The first-order valence-electron chi connectivity index (χ1n) is 7.45. The lowest BCUT2D eigenvalue weighted by molar-refractivity contribution is -0.134. The van der Waals surface area contributed by atoms with Gasteiger partial charge in [0.2, 0.25) is 5.88 Å². The zero-order valence-corrected chi connectivity index (χ0v) is 16.5. The summed E-state index contributed by atoms with van der Waals surface area (Å²) >= 11 is 13.2. The van der Waals surface area contributed by atoms with Gasteiger partial charge in [0.1, 0.15) is 27.1 Å². The Morgan fingerprint density at radius 3 is 2.75 bits per heavy atom. The van der Waals surface area contributed by atoms with Crippen LogP contribution in [0.15, 0.2) is 12.1 Å². The molecule has 0 N–H and O–H groups in total. The average Bonchev–Trinajstić information content (AvgIpc) is 3.17. The number of aromatic nitrogens is 3. The molecular formula is C16H10Cl2F3N3O3S. The normalized spacial score (nSPS) is 11.7. The maximum absolute atomic E-state index is 14.7. The number of carbonyl (C=O) groups excluding carboxylic acids is 1. The van der Waals surface area contributed by atoms with Crippen molar-refractivity contribution in [3.8, 4) is 17.1 Å². The zero-order valence-electron chi connectivity index (χ0n) is 14.2. The minimum absolute atomic E-state index is 0.0290. The predicted octanol–water partition coefficient (Wildman–Crippen LogP) is 4.93. The van der Waals surface area contributed by atoms with Gasteiger partial charge in [0.25, 0.3) is 0 Å². The van der Waals surface area contributed by atoms with Gasteiger partial charge in [0, 0.05) is 13.1 Å². The summed E-state index contributed by atoms with van der Waals surface area (Å²) in [7, 11) is 2.55. The fourth-order valence-corrected chi connectivity index (χ4v) is 4.00. The van der Waals surface area contributed by atoms with Crippen LogP contribution < -0.4 is 4.74 Å². The summed E-state index contributed by atoms with van der Waals surface area (Å²) in [5.74, 6) is -1.78. The largest absolute Gasteiger partial charge is 0.466 e. The van der Waals surface area contributed by atoms with Crippen molar-refractivity contribution in [2.75, 3.05) is 7.11 Å². The highest BCUT2D eigenvalue weighted by atomic mass is 35.5. The van der Waals surface area contributed by atoms with Crippen LogP contribution in [0.4, 0.5) is 13.2 Å². The van der Waals surface area contributed by atoms with Gasteiger partial charge in [-0.1, -0.05) is 23.2 Å². The highest BCUT2D eigenvalue weighted by Crippen LogP contribution is 2.43. The van der Waals surface area contributed by atoms with Crippen molar-refractivity contribution in [3.05, 3.63) is 33.0 Å². The molecule has 0 unspecified atom stereocenters. The number of carbonyl (C=O) groups is 1. The second kappa shape index (κ2) is 7.98. The Balaban J connectivity index is 2.20. The smallest absolute Gasteiger partial charge is 0.388 e. The van der Waals surface area contributed by atoms with E-state index in [1.54, 1.807) is 0 Å². The first kappa shape index (κ1) is 20.4. The number of hydrogen-bond donors (Lipinski definition) is 0. The molecular weight excluding hydrogens is 442 g/mol. The average molecular weight is 452 g/mol. The van der Waals surface area contributed by atoms with Gasteiger partial charge in [-0.05, 0) is 12.1 Å². The Kier molecular flexibility index (Phi) is 5.82. The molecule has 0 amide bonds. The molecule has 6 nitrogen and oxygen atoms in total. The van der Waals surface area contributed by atoms with Crippen LogP contribution in [0.1, 0.15) is 5.01 Å². The summed E-state index contributed by atoms with van der Waals surface area (Å²) in [5.41, 5.74) is 0.0658. The van der Waals surface area contributed by atoms with Gasteiger partial charge in [-0.25, -0.2) is 18.9 Å². The van der Waals surface area contributed by atoms with Gasteiger partial charge in [0.05, 0.1) is 22.4 Å². The Morgan fingerprint density at radius 2 is 2.11 bits per heavy atom.